The van der Waals surface area contributed by atoms with Crippen LogP contribution in [0.15, 0.2) is 84.9 Å². The van der Waals surface area contributed by atoms with Crippen LogP contribution in [-0.4, -0.2) is 30.3 Å². The van der Waals surface area contributed by atoms with Gasteiger partial charge in [0, 0.05) is 0 Å². The maximum atomic E-state index is 12.3. The molecule has 1 atom stereocenters. The summed E-state index contributed by atoms with van der Waals surface area (Å²) in [6.07, 6.45) is -1.77. The van der Waals surface area contributed by atoms with Crippen molar-refractivity contribution >= 4 is 24.2 Å². The van der Waals surface area contributed by atoms with Crippen LogP contribution in [-0.2, 0) is 54.6 Å². The summed E-state index contributed by atoms with van der Waals surface area (Å²) in [5.74, 6) is -2.30. The van der Waals surface area contributed by atoms with E-state index in [1.807, 2.05) is 78.9 Å². The summed E-state index contributed by atoms with van der Waals surface area (Å²) < 4.78 is 19.6. The number of hydrogen-bond donors (Lipinski definition) is 1. The Morgan fingerprint density at radius 2 is 1.07 bits per heavy atom. The fraction of sp³-hybridized carbons (Fsp3) is 0.176. The zero-order chi connectivity index (χ0) is 29.9. The molecule has 216 valence electrons. The van der Waals surface area contributed by atoms with E-state index < -0.39 is 36.7 Å². The first-order valence-electron chi connectivity index (χ1n) is 13.8. The van der Waals surface area contributed by atoms with Crippen LogP contribution in [0.3, 0.4) is 0 Å². The molecular weight excluding hydrogens is 550 g/mol. The molecule has 43 heavy (non-hydrogen) atoms. The molecule has 6 rings (SSSR count). The predicted molar refractivity (Wildman–Crippen MR) is 155 cm³/mol. The molecule has 0 radical (unpaired) electrons. The Hall–Kier alpha value is -5.28. The Labute approximate surface area is 247 Å². The molecule has 0 saturated carbocycles. The molecule has 2 aliphatic carbocycles. The number of benzene rings is 4. The third kappa shape index (κ3) is 5.89. The fourth-order valence-corrected chi connectivity index (χ4v) is 5.60. The van der Waals surface area contributed by atoms with Gasteiger partial charge in [0.05, 0.1) is 6.42 Å². The molecule has 0 spiro atoms. The van der Waals surface area contributed by atoms with Gasteiger partial charge in [0.1, 0.15) is 19.3 Å². The SMILES string of the molecule is N[C@@H](CC(=O)OC(=O)OCc1cccc2c1Cc1ccccc1-2)C(=O)OC(=O)OCc1cccc2c1Cc1ccccc1-2. The second kappa shape index (κ2) is 11.9. The van der Waals surface area contributed by atoms with Crippen LogP contribution < -0.4 is 5.73 Å². The Morgan fingerprint density at radius 1 is 0.605 bits per heavy atom. The molecule has 0 bridgehead atoms. The van der Waals surface area contributed by atoms with Crippen molar-refractivity contribution in [3.8, 4) is 22.3 Å². The molecule has 9 heteroatoms. The molecule has 0 heterocycles. The molecule has 0 unspecified atom stereocenters. The highest BCUT2D eigenvalue weighted by molar-refractivity contribution is 5.90. The zero-order valence-corrected chi connectivity index (χ0v) is 23.0. The van der Waals surface area contributed by atoms with Gasteiger partial charge in [-0.1, -0.05) is 84.9 Å². The number of carbonyl (C=O) groups is 4. The minimum absolute atomic E-state index is 0.0973. The third-order valence-electron chi connectivity index (χ3n) is 7.66. The minimum atomic E-state index is -1.56. The lowest BCUT2D eigenvalue weighted by atomic mass is 10.0. The molecule has 4 aromatic rings. The molecule has 0 aromatic heterocycles. The second-order valence-electron chi connectivity index (χ2n) is 10.3. The number of rotatable bonds is 7. The van der Waals surface area contributed by atoms with Gasteiger partial charge in [0.15, 0.2) is 0 Å². The molecule has 0 saturated heterocycles. The molecule has 0 amide bonds. The zero-order valence-electron chi connectivity index (χ0n) is 23.0. The van der Waals surface area contributed by atoms with Crippen LogP contribution in [0.1, 0.15) is 39.8 Å². The van der Waals surface area contributed by atoms with E-state index in [0.29, 0.717) is 12.8 Å². The van der Waals surface area contributed by atoms with E-state index >= 15 is 0 Å². The van der Waals surface area contributed by atoms with Gasteiger partial charge >= 0.3 is 24.2 Å². The Balaban J connectivity index is 0.948. The highest BCUT2D eigenvalue weighted by Gasteiger charge is 2.27. The molecule has 2 aliphatic rings. The third-order valence-corrected chi connectivity index (χ3v) is 7.66. The van der Waals surface area contributed by atoms with E-state index in [-0.39, 0.29) is 13.2 Å². The van der Waals surface area contributed by atoms with Crippen LogP contribution in [0, 0.1) is 0 Å². The van der Waals surface area contributed by atoms with Crippen molar-refractivity contribution < 1.29 is 38.1 Å². The summed E-state index contributed by atoms with van der Waals surface area (Å²) in [5.41, 5.74) is 16.1. The summed E-state index contributed by atoms with van der Waals surface area (Å²) in [5, 5.41) is 0. The van der Waals surface area contributed by atoms with Crippen LogP contribution in [0.4, 0.5) is 9.59 Å². The Morgan fingerprint density at radius 3 is 1.60 bits per heavy atom. The molecule has 9 nitrogen and oxygen atoms in total. The quantitative estimate of drug-likeness (QED) is 0.190. The first-order valence-corrected chi connectivity index (χ1v) is 13.8. The predicted octanol–water partition coefficient (Wildman–Crippen LogP) is 5.61. The highest BCUT2D eigenvalue weighted by Crippen LogP contribution is 2.39. The second-order valence-corrected chi connectivity index (χ2v) is 10.3. The van der Waals surface area contributed by atoms with Gasteiger partial charge in [-0.3, -0.25) is 4.79 Å². The average Bonchev–Trinajstić information content (AvgIpc) is 3.58. The van der Waals surface area contributed by atoms with Gasteiger partial charge in [-0.05, 0) is 68.5 Å². The number of fused-ring (bicyclic) bond motifs is 6. The van der Waals surface area contributed by atoms with Gasteiger partial charge in [-0.15, -0.1) is 0 Å². The van der Waals surface area contributed by atoms with Crippen molar-refractivity contribution in [1.82, 2.24) is 0 Å². The van der Waals surface area contributed by atoms with Gasteiger partial charge in [0.25, 0.3) is 0 Å². The Bertz CT molecular complexity index is 1760. The molecule has 0 aliphatic heterocycles. The number of hydrogen-bond acceptors (Lipinski definition) is 9. The normalized spacial score (nSPS) is 12.7. The van der Waals surface area contributed by atoms with E-state index in [1.165, 1.54) is 11.1 Å². The number of nitrogens with two attached hydrogens (primary N) is 1. The van der Waals surface area contributed by atoms with Crippen molar-refractivity contribution in [3.63, 3.8) is 0 Å². The Kier molecular flexibility index (Phi) is 7.72. The van der Waals surface area contributed by atoms with Crippen LogP contribution >= 0.6 is 0 Å². The maximum Gasteiger partial charge on any atom is 0.516 e. The average molecular weight is 578 g/mol. The topological polar surface area (TPSA) is 131 Å². The van der Waals surface area contributed by atoms with E-state index in [0.717, 1.165) is 44.5 Å². The standard InChI is InChI=1S/C34H27NO8/c35-30(32(37)43-34(39)41-19-23-10-6-14-27-25-12-4-2-8-21(25)16-29(23)27)17-31(36)42-33(38)40-18-22-9-5-13-26-24-11-3-1-7-20(24)15-28(22)26/h1-14,30H,15-19,35H2/t30-/m0/s1. The van der Waals surface area contributed by atoms with Crippen LogP contribution in [0.5, 0.6) is 0 Å². The van der Waals surface area contributed by atoms with Crippen LogP contribution in [0.25, 0.3) is 22.3 Å². The monoisotopic (exact) mass is 577 g/mol. The minimum Gasteiger partial charge on any atom is -0.429 e. The van der Waals surface area contributed by atoms with E-state index in [9.17, 15) is 19.2 Å². The summed E-state index contributed by atoms with van der Waals surface area (Å²) in [6, 6.07) is 26.0. The van der Waals surface area contributed by atoms with Crippen LogP contribution in [0.2, 0.25) is 0 Å². The first-order chi connectivity index (χ1) is 20.9. The first kappa shape index (κ1) is 27.9. The largest absolute Gasteiger partial charge is 0.516 e. The van der Waals surface area contributed by atoms with Crippen molar-refractivity contribution in [3.05, 3.63) is 118 Å². The van der Waals surface area contributed by atoms with E-state index in [1.54, 1.807) is 0 Å². The van der Waals surface area contributed by atoms with Crippen molar-refractivity contribution in [2.75, 3.05) is 0 Å². The van der Waals surface area contributed by atoms with E-state index in [2.05, 4.69) is 15.5 Å². The lowest BCUT2D eigenvalue weighted by Crippen LogP contribution is -2.36. The number of esters is 2. The van der Waals surface area contributed by atoms with Gasteiger partial charge < -0.3 is 24.7 Å². The van der Waals surface area contributed by atoms with Gasteiger partial charge in [-0.25, -0.2) is 14.4 Å². The lowest BCUT2D eigenvalue weighted by molar-refractivity contribution is -0.148. The molecular formula is C34H27NO8. The van der Waals surface area contributed by atoms with Crippen molar-refractivity contribution in [2.24, 2.45) is 5.73 Å². The number of ether oxygens (including phenoxy) is 4. The smallest absolute Gasteiger partial charge is 0.429 e. The highest BCUT2D eigenvalue weighted by atomic mass is 16.7. The summed E-state index contributed by atoms with van der Waals surface area (Å²) in [6.45, 7) is -0.205. The molecule has 4 aromatic carbocycles. The van der Waals surface area contributed by atoms with Crippen molar-refractivity contribution in [1.29, 1.82) is 0 Å². The summed E-state index contributed by atoms with van der Waals surface area (Å²) in [4.78, 5) is 48.8. The van der Waals surface area contributed by atoms with Gasteiger partial charge in [-0.2, -0.15) is 0 Å². The van der Waals surface area contributed by atoms with E-state index in [4.69, 9.17) is 15.2 Å². The lowest BCUT2D eigenvalue weighted by Gasteiger charge is -2.12. The fourth-order valence-electron chi connectivity index (χ4n) is 5.60. The summed E-state index contributed by atoms with van der Waals surface area (Å²) in [7, 11) is 0. The van der Waals surface area contributed by atoms with Gasteiger partial charge in [0.2, 0.25) is 0 Å². The maximum absolute atomic E-state index is 12.3. The molecule has 2 N–H and O–H groups in total. The van der Waals surface area contributed by atoms with Crippen molar-refractivity contribution in [2.45, 2.75) is 38.5 Å². The number of carbonyl (C=O) groups excluding carboxylic acids is 4. The summed E-state index contributed by atoms with van der Waals surface area (Å²) >= 11 is 0. The molecule has 0 fully saturated rings.